The first-order valence-corrected chi connectivity index (χ1v) is 11.1. The van der Waals surface area contributed by atoms with E-state index in [1.807, 2.05) is 62.4 Å². The Morgan fingerprint density at radius 1 is 1.17 bits per heavy atom. The number of benzene rings is 2. The summed E-state index contributed by atoms with van der Waals surface area (Å²) in [5, 5.41) is 5.14. The molecule has 0 fully saturated rings. The summed E-state index contributed by atoms with van der Waals surface area (Å²) in [6.45, 7) is 3.98. The fourth-order valence-corrected chi connectivity index (χ4v) is 4.37. The second kappa shape index (κ2) is 8.51. The minimum absolute atomic E-state index is 0.0741. The van der Waals surface area contributed by atoms with Gasteiger partial charge in [0.1, 0.15) is 0 Å². The molecule has 1 atom stereocenters. The Kier molecular flexibility index (Phi) is 5.82. The van der Waals surface area contributed by atoms with Gasteiger partial charge in [-0.25, -0.2) is 4.98 Å². The van der Waals surface area contributed by atoms with E-state index >= 15 is 0 Å². The summed E-state index contributed by atoms with van der Waals surface area (Å²) in [6, 6.07) is 15.3. The largest absolute Gasteiger partial charge is 0.338 e. The lowest BCUT2D eigenvalue weighted by Gasteiger charge is -2.19. The van der Waals surface area contributed by atoms with E-state index in [0.717, 1.165) is 10.0 Å². The highest BCUT2D eigenvalue weighted by Crippen LogP contribution is 2.27. The number of nitrogens with zero attached hydrogens (tertiary/aromatic N) is 4. The van der Waals surface area contributed by atoms with Crippen molar-refractivity contribution in [2.75, 3.05) is 0 Å². The number of aryl methyl sites for hydroxylation is 1. The van der Waals surface area contributed by atoms with Crippen molar-refractivity contribution in [2.45, 2.75) is 37.2 Å². The van der Waals surface area contributed by atoms with Gasteiger partial charge in [0.15, 0.2) is 11.0 Å². The Morgan fingerprint density at radius 3 is 2.69 bits per heavy atom. The molecule has 29 heavy (non-hydrogen) atoms. The van der Waals surface area contributed by atoms with Gasteiger partial charge in [0.05, 0.1) is 22.7 Å². The molecule has 4 rings (SSSR count). The predicted molar refractivity (Wildman–Crippen MR) is 117 cm³/mol. The molecule has 0 aliphatic carbocycles. The smallest absolute Gasteiger partial charge is 0.262 e. The van der Waals surface area contributed by atoms with Crippen molar-refractivity contribution in [1.29, 1.82) is 0 Å². The van der Waals surface area contributed by atoms with Gasteiger partial charge in [-0.1, -0.05) is 70.1 Å². The summed E-state index contributed by atoms with van der Waals surface area (Å²) >= 11 is 4.88. The lowest BCUT2D eigenvalue weighted by Crippen LogP contribution is -2.27. The Labute approximate surface area is 180 Å². The van der Waals surface area contributed by atoms with E-state index in [0.29, 0.717) is 39.9 Å². The molecule has 4 aromatic rings. The monoisotopic (exact) mass is 470 g/mol. The van der Waals surface area contributed by atoms with Gasteiger partial charge in [-0.3, -0.25) is 9.36 Å². The fraction of sp³-hybridized carbons (Fsp3) is 0.238. The molecule has 0 amide bonds. The van der Waals surface area contributed by atoms with Crippen molar-refractivity contribution >= 4 is 38.6 Å². The van der Waals surface area contributed by atoms with Crippen LogP contribution in [0.5, 0.6) is 0 Å². The Bertz CT molecular complexity index is 1210. The lowest BCUT2D eigenvalue weighted by molar-refractivity contribution is 0.385. The minimum atomic E-state index is -0.170. The van der Waals surface area contributed by atoms with Crippen molar-refractivity contribution < 1.29 is 4.52 Å². The number of thioether (sulfide) groups is 1. The van der Waals surface area contributed by atoms with E-state index < -0.39 is 0 Å². The molecule has 2 aromatic carbocycles. The highest BCUT2D eigenvalue weighted by atomic mass is 79.9. The Morgan fingerprint density at radius 2 is 1.97 bits per heavy atom. The maximum absolute atomic E-state index is 13.4. The van der Waals surface area contributed by atoms with Crippen LogP contribution in [0.1, 0.15) is 37.2 Å². The summed E-state index contributed by atoms with van der Waals surface area (Å²) in [5.41, 5.74) is 1.63. The van der Waals surface area contributed by atoms with E-state index in [2.05, 4.69) is 26.1 Å². The summed E-state index contributed by atoms with van der Waals surface area (Å²) in [5.74, 6) is 1.64. The van der Waals surface area contributed by atoms with Gasteiger partial charge in [0.25, 0.3) is 5.56 Å². The van der Waals surface area contributed by atoms with Crippen LogP contribution in [-0.2, 0) is 12.2 Å². The van der Waals surface area contributed by atoms with Crippen molar-refractivity contribution in [3.8, 4) is 0 Å². The van der Waals surface area contributed by atoms with Crippen molar-refractivity contribution in [1.82, 2.24) is 19.7 Å². The van der Waals surface area contributed by atoms with Crippen LogP contribution in [0.4, 0.5) is 0 Å². The van der Waals surface area contributed by atoms with Crippen molar-refractivity contribution in [2.24, 2.45) is 0 Å². The van der Waals surface area contributed by atoms with E-state index in [9.17, 15) is 4.79 Å². The lowest BCUT2D eigenvalue weighted by atomic mass is 10.1. The molecule has 0 saturated carbocycles. The van der Waals surface area contributed by atoms with Crippen LogP contribution in [0.3, 0.4) is 0 Å². The van der Waals surface area contributed by atoms with Gasteiger partial charge in [-0.2, -0.15) is 4.98 Å². The number of rotatable bonds is 6. The summed E-state index contributed by atoms with van der Waals surface area (Å²) in [6.07, 6.45) is 0.715. The summed E-state index contributed by atoms with van der Waals surface area (Å²) in [4.78, 5) is 22.5. The topological polar surface area (TPSA) is 73.8 Å². The maximum Gasteiger partial charge on any atom is 0.262 e. The van der Waals surface area contributed by atoms with Gasteiger partial charge in [0.2, 0.25) is 5.89 Å². The molecule has 6 nitrogen and oxygen atoms in total. The molecule has 0 radical (unpaired) electrons. The number of fused-ring (bicyclic) bond motifs is 1. The SMILES string of the molecule is CCc1noc(CSc2nc3ccc(Br)cc3c(=O)n2C(C)c2ccccc2)n1. The van der Waals surface area contributed by atoms with Gasteiger partial charge in [0, 0.05) is 10.9 Å². The molecule has 0 aliphatic heterocycles. The molecule has 0 bridgehead atoms. The first-order chi connectivity index (χ1) is 14.1. The standard InChI is InChI=1S/C21H19BrN4O2S/c1-3-18-24-19(28-25-18)12-29-21-23-17-10-9-15(22)11-16(17)20(27)26(21)13(2)14-7-5-4-6-8-14/h4-11,13H,3,12H2,1-2H3. The van der Waals surface area contributed by atoms with E-state index in [-0.39, 0.29) is 11.6 Å². The van der Waals surface area contributed by atoms with Crippen LogP contribution >= 0.6 is 27.7 Å². The number of hydrogen-bond acceptors (Lipinski definition) is 6. The molecule has 1 unspecified atom stereocenters. The van der Waals surface area contributed by atoms with E-state index in [4.69, 9.17) is 9.51 Å². The third kappa shape index (κ3) is 4.13. The number of hydrogen-bond donors (Lipinski definition) is 0. The van der Waals surface area contributed by atoms with Crippen LogP contribution in [0.2, 0.25) is 0 Å². The highest BCUT2D eigenvalue weighted by molar-refractivity contribution is 9.10. The van der Waals surface area contributed by atoms with Crippen LogP contribution in [-0.4, -0.2) is 19.7 Å². The highest BCUT2D eigenvalue weighted by Gasteiger charge is 2.19. The number of halogens is 1. The fourth-order valence-electron chi connectivity index (χ4n) is 3.09. The third-order valence-electron chi connectivity index (χ3n) is 4.65. The molecular formula is C21H19BrN4O2S. The van der Waals surface area contributed by atoms with Crippen LogP contribution in [0, 0.1) is 0 Å². The molecule has 2 heterocycles. The molecule has 8 heteroatoms. The molecular weight excluding hydrogens is 452 g/mol. The minimum Gasteiger partial charge on any atom is -0.338 e. The quantitative estimate of drug-likeness (QED) is 0.291. The van der Waals surface area contributed by atoms with Crippen LogP contribution in [0.25, 0.3) is 10.9 Å². The number of aromatic nitrogens is 4. The zero-order valence-corrected chi connectivity index (χ0v) is 18.4. The van der Waals surface area contributed by atoms with E-state index in [1.54, 1.807) is 4.57 Å². The van der Waals surface area contributed by atoms with Gasteiger partial charge < -0.3 is 4.52 Å². The van der Waals surface area contributed by atoms with E-state index in [1.165, 1.54) is 11.8 Å². The average molecular weight is 471 g/mol. The maximum atomic E-state index is 13.4. The second-order valence-corrected chi connectivity index (χ2v) is 8.42. The zero-order valence-electron chi connectivity index (χ0n) is 16.0. The molecule has 0 spiro atoms. The van der Waals surface area contributed by atoms with Gasteiger partial charge in [-0.15, -0.1) is 0 Å². The Balaban J connectivity index is 1.80. The predicted octanol–water partition coefficient (Wildman–Crippen LogP) is 5.01. The molecule has 0 saturated heterocycles. The third-order valence-corrected chi connectivity index (χ3v) is 6.08. The first-order valence-electron chi connectivity index (χ1n) is 9.28. The Hall–Kier alpha value is -2.45. The molecule has 0 N–H and O–H groups in total. The molecule has 2 aromatic heterocycles. The van der Waals surface area contributed by atoms with Crippen LogP contribution < -0.4 is 5.56 Å². The van der Waals surface area contributed by atoms with Crippen LogP contribution in [0.15, 0.2) is 67.5 Å². The van der Waals surface area contributed by atoms with Crippen molar-refractivity contribution in [3.63, 3.8) is 0 Å². The summed E-state index contributed by atoms with van der Waals surface area (Å²) < 4.78 is 7.88. The first kappa shape index (κ1) is 19.8. The van der Waals surface area contributed by atoms with Gasteiger partial charge in [-0.05, 0) is 30.7 Å². The van der Waals surface area contributed by atoms with Crippen molar-refractivity contribution in [3.05, 3.63) is 80.6 Å². The second-order valence-electron chi connectivity index (χ2n) is 6.56. The zero-order chi connectivity index (χ0) is 20.4. The summed E-state index contributed by atoms with van der Waals surface area (Å²) in [7, 11) is 0. The average Bonchev–Trinajstić information content (AvgIpc) is 3.21. The molecule has 148 valence electrons. The normalized spacial score (nSPS) is 12.4. The van der Waals surface area contributed by atoms with Gasteiger partial charge >= 0.3 is 0 Å². The molecule has 0 aliphatic rings.